The predicted molar refractivity (Wildman–Crippen MR) is 47.5 cm³/mol. The molecule has 66 valence electrons. The molecule has 0 saturated carbocycles. The van der Waals surface area contributed by atoms with Crippen LogP contribution in [0.3, 0.4) is 0 Å². The molecule has 0 radical (unpaired) electrons. The van der Waals surface area contributed by atoms with Gasteiger partial charge in [0.2, 0.25) is 5.28 Å². The van der Waals surface area contributed by atoms with Crippen molar-refractivity contribution in [3.63, 3.8) is 0 Å². The van der Waals surface area contributed by atoms with Gasteiger partial charge in [0, 0.05) is 6.61 Å². The quantitative estimate of drug-likeness (QED) is 0.704. The molecule has 1 fully saturated rings. The molecule has 1 atom stereocenters. The van der Waals surface area contributed by atoms with Gasteiger partial charge in [0.05, 0.1) is 0 Å². The maximum absolute atomic E-state index is 5.63. The standard InChI is InChI=1S/C7H9ClN2OS/c1-7(3-2-4-11-7)5-9-6(8)10-12-5/h2-4H2,1H3. The number of hydrogen-bond donors (Lipinski definition) is 0. The largest absolute Gasteiger partial charge is 0.368 e. The van der Waals surface area contributed by atoms with Gasteiger partial charge in [-0.25, -0.2) is 4.98 Å². The molecule has 2 heterocycles. The summed E-state index contributed by atoms with van der Waals surface area (Å²) in [4.78, 5) is 4.11. The van der Waals surface area contributed by atoms with Crippen LogP contribution in [0.1, 0.15) is 24.8 Å². The van der Waals surface area contributed by atoms with Crippen LogP contribution < -0.4 is 0 Å². The van der Waals surface area contributed by atoms with Crippen LogP contribution in [0, 0.1) is 0 Å². The maximum atomic E-state index is 5.63. The van der Waals surface area contributed by atoms with Crippen molar-refractivity contribution in [2.75, 3.05) is 6.61 Å². The number of hydrogen-bond acceptors (Lipinski definition) is 4. The average molecular weight is 205 g/mol. The molecule has 1 unspecified atom stereocenters. The van der Waals surface area contributed by atoms with Gasteiger partial charge in [-0.15, -0.1) is 0 Å². The van der Waals surface area contributed by atoms with Crippen LogP contribution in [-0.4, -0.2) is 16.0 Å². The van der Waals surface area contributed by atoms with Crippen LogP contribution in [-0.2, 0) is 10.3 Å². The molecule has 12 heavy (non-hydrogen) atoms. The SMILES string of the molecule is CC1(c2nc(Cl)ns2)CCCO1. The minimum atomic E-state index is -0.231. The highest BCUT2D eigenvalue weighted by atomic mass is 35.5. The maximum Gasteiger partial charge on any atom is 0.234 e. The van der Waals surface area contributed by atoms with E-state index < -0.39 is 0 Å². The van der Waals surface area contributed by atoms with Crippen molar-refractivity contribution in [2.24, 2.45) is 0 Å². The third-order valence-corrected chi connectivity index (χ3v) is 3.30. The molecule has 0 aromatic carbocycles. The predicted octanol–water partition coefficient (Wildman–Crippen LogP) is 2.22. The van der Waals surface area contributed by atoms with Gasteiger partial charge in [0.25, 0.3) is 0 Å². The van der Waals surface area contributed by atoms with Crippen molar-refractivity contribution in [3.05, 3.63) is 10.3 Å². The van der Waals surface area contributed by atoms with E-state index in [0.717, 1.165) is 24.5 Å². The molecular formula is C7H9ClN2OS. The van der Waals surface area contributed by atoms with E-state index in [0.29, 0.717) is 5.28 Å². The molecule has 1 aromatic rings. The van der Waals surface area contributed by atoms with E-state index in [1.807, 2.05) is 6.92 Å². The molecule has 0 spiro atoms. The van der Waals surface area contributed by atoms with E-state index in [9.17, 15) is 0 Å². The Morgan fingerprint density at radius 1 is 1.67 bits per heavy atom. The zero-order chi connectivity index (χ0) is 8.60. The first kappa shape index (κ1) is 8.41. The third-order valence-electron chi connectivity index (χ3n) is 2.07. The van der Waals surface area contributed by atoms with Gasteiger partial charge >= 0.3 is 0 Å². The molecule has 1 aliphatic rings. The Bertz CT molecular complexity index is 283. The fourth-order valence-corrected chi connectivity index (χ4v) is 2.29. The molecule has 5 heteroatoms. The van der Waals surface area contributed by atoms with Gasteiger partial charge in [0.1, 0.15) is 10.6 Å². The summed E-state index contributed by atoms with van der Waals surface area (Å²) in [5.41, 5.74) is -0.231. The fraction of sp³-hybridized carbons (Fsp3) is 0.714. The van der Waals surface area contributed by atoms with Crippen LogP contribution >= 0.6 is 23.1 Å². The molecular weight excluding hydrogens is 196 g/mol. The fourth-order valence-electron chi connectivity index (χ4n) is 1.37. The summed E-state index contributed by atoms with van der Waals surface area (Å²) in [6.07, 6.45) is 2.10. The van der Waals surface area contributed by atoms with Gasteiger partial charge in [-0.1, -0.05) is 0 Å². The highest BCUT2D eigenvalue weighted by Crippen LogP contribution is 2.36. The van der Waals surface area contributed by atoms with Crippen LogP contribution in [0.2, 0.25) is 5.28 Å². The lowest BCUT2D eigenvalue weighted by molar-refractivity contribution is 0.0166. The van der Waals surface area contributed by atoms with Crippen LogP contribution in [0.4, 0.5) is 0 Å². The molecule has 2 rings (SSSR count). The summed E-state index contributed by atoms with van der Waals surface area (Å²) < 4.78 is 9.51. The van der Waals surface area contributed by atoms with E-state index in [2.05, 4.69) is 9.36 Å². The Hall–Kier alpha value is -0.190. The highest BCUT2D eigenvalue weighted by molar-refractivity contribution is 7.05. The van der Waals surface area contributed by atoms with E-state index in [1.54, 1.807) is 0 Å². The summed E-state index contributed by atoms with van der Waals surface area (Å²) in [5.74, 6) is 0. The number of rotatable bonds is 1. The Morgan fingerprint density at radius 3 is 3.00 bits per heavy atom. The molecule has 1 aromatic heterocycles. The lowest BCUT2D eigenvalue weighted by Gasteiger charge is -2.18. The second kappa shape index (κ2) is 2.94. The van der Waals surface area contributed by atoms with Crippen LogP contribution in [0.25, 0.3) is 0 Å². The zero-order valence-corrected chi connectivity index (χ0v) is 8.28. The van der Waals surface area contributed by atoms with Crippen molar-refractivity contribution in [1.82, 2.24) is 9.36 Å². The third kappa shape index (κ3) is 1.34. The Labute approximate surface area is 79.9 Å². The number of ether oxygens (including phenoxy) is 1. The summed E-state index contributed by atoms with van der Waals surface area (Å²) in [7, 11) is 0. The number of aromatic nitrogens is 2. The van der Waals surface area contributed by atoms with Crippen LogP contribution in [0.15, 0.2) is 0 Å². The van der Waals surface area contributed by atoms with Gasteiger partial charge in [-0.2, -0.15) is 4.37 Å². The molecule has 0 N–H and O–H groups in total. The molecule has 0 bridgehead atoms. The molecule has 0 amide bonds. The normalized spacial score (nSPS) is 29.5. The summed E-state index contributed by atoms with van der Waals surface area (Å²) in [5, 5.41) is 1.22. The van der Waals surface area contributed by atoms with Crippen molar-refractivity contribution >= 4 is 23.1 Å². The molecule has 1 aliphatic heterocycles. The first-order chi connectivity index (χ1) is 5.71. The summed E-state index contributed by atoms with van der Waals surface area (Å²) in [6.45, 7) is 2.85. The van der Waals surface area contributed by atoms with Crippen molar-refractivity contribution in [2.45, 2.75) is 25.4 Å². The first-order valence-electron chi connectivity index (χ1n) is 3.84. The lowest BCUT2D eigenvalue weighted by Crippen LogP contribution is -2.19. The second-order valence-corrected chi connectivity index (χ2v) is 4.14. The first-order valence-corrected chi connectivity index (χ1v) is 4.99. The number of halogens is 1. The highest BCUT2D eigenvalue weighted by Gasteiger charge is 2.35. The minimum Gasteiger partial charge on any atom is -0.368 e. The zero-order valence-electron chi connectivity index (χ0n) is 6.71. The second-order valence-electron chi connectivity index (χ2n) is 3.05. The Kier molecular flexibility index (Phi) is 2.06. The van der Waals surface area contributed by atoms with Crippen molar-refractivity contribution in [3.8, 4) is 0 Å². The molecule has 0 aliphatic carbocycles. The topological polar surface area (TPSA) is 35.0 Å². The monoisotopic (exact) mass is 204 g/mol. The van der Waals surface area contributed by atoms with Crippen LogP contribution in [0.5, 0.6) is 0 Å². The lowest BCUT2D eigenvalue weighted by atomic mass is 10.0. The average Bonchev–Trinajstić information content (AvgIpc) is 2.59. The Morgan fingerprint density at radius 2 is 2.50 bits per heavy atom. The summed E-state index contributed by atoms with van der Waals surface area (Å²) in [6, 6.07) is 0. The van der Waals surface area contributed by atoms with Gasteiger partial charge < -0.3 is 4.74 Å². The Balaban J connectivity index is 2.28. The van der Waals surface area contributed by atoms with E-state index in [4.69, 9.17) is 16.3 Å². The van der Waals surface area contributed by atoms with E-state index in [-0.39, 0.29) is 5.60 Å². The minimum absolute atomic E-state index is 0.231. The smallest absolute Gasteiger partial charge is 0.234 e. The van der Waals surface area contributed by atoms with Crippen molar-refractivity contribution < 1.29 is 4.74 Å². The van der Waals surface area contributed by atoms with Gasteiger partial charge in [-0.05, 0) is 42.9 Å². The van der Waals surface area contributed by atoms with E-state index >= 15 is 0 Å². The van der Waals surface area contributed by atoms with Crippen molar-refractivity contribution in [1.29, 1.82) is 0 Å². The molecule has 1 saturated heterocycles. The van der Waals surface area contributed by atoms with Gasteiger partial charge in [-0.3, -0.25) is 0 Å². The summed E-state index contributed by atoms with van der Waals surface area (Å²) >= 11 is 6.96. The van der Waals surface area contributed by atoms with E-state index in [1.165, 1.54) is 11.5 Å². The molecule has 3 nitrogen and oxygen atoms in total. The van der Waals surface area contributed by atoms with Gasteiger partial charge in [0.15, 0.2) is 0 Å². The number of nitrogens with zero attached hydrogens (tertiary/aromatic N) is 2.